The second kappa shape index (κ2) is 3.73. The molecule has 3 aliphatic carbocycles. The van der Waals surface area contributed by atoms with Gasteiger partial charge in [0.25, 0.3) is 0 Å². The number of rotatable bonds is 1. The lowest BCUT2D eigenvalue weighted by molar-refractivity contribution is -0.158. The van der Waals surface area contributed by atoms with E-state index in [1.807, 2.05) is 0 Å². The molecule has 6 atom stereocenters. The summed E-state index contributed by atoms with van der Waals surface area (Å²) in [6, 6.07) is 0. The van der Waals surface area contributed by atoms with Gasteiger partial charge < -0.3 is 4.74 Å². The fourth-order valence-corrected chi connectivity index (χ4v) is 5.31. The number of hydrogen-bond acceptors (Lipinski definition) is 2. The zero-order valence-electron chi connectivity index (χ0n) is 11.2. The summed E-state index contributed by atoms with van der Waals surface area (Å²) in [6.45, 7) is 6.26. The molecule has 0 aliphatic heterocycles. The van der Waals surface area contributed by atoms with Gasteiger partial charge in [-0.1, -0.05) is 20.3 Å². The Balaban J connectivity index is 1.90. The van der Waals surface area contributed by atoms with E-state index >= 15 is 0 Å². The van der Waals surface area contributed by atoms with E-state index in [1.165, 1.54) is 32.1 Å². The van der Waals surface area contributed by atoms with E-state index in [4.69, 9.17) is 4.74 Å². The fraction of sp³-hybridized carbons (Fsp3) is 0.933. The van der Waals surface area contributed by atoms with E-state index in [0.717, 1.165) is 17.8 Å². The van der Waals surface area contributed by atoms with Crippen LogP contribution in [0.5, 0.6) is 0 Å². The second-order valence-corrected chi connectivity index (χ2v) is 6.81. The Morgan fingerprint density at radius 3 is 2.65 bits per heavy atom. The Morgan fingerprint density at radius 1 is 1.24 bits per heavy atom. The predicted molar refractivity (Wildman–Crippen MR) is 66.4 cm³/mol. The van der Waals surface area contributed by atoms with Crippen LogP contribution in [0.25, 0.3) is 0 Å². The van der Waals surface area contributed by atoms with Crippen molar-refractivity contribution in [1.82, 2.24) is 0 Å². The summed E-state index contributed by atoms with van der Waals surface area (Å²) in [5.41, 5.74) is 0.363. The first kappa shape index (κ1) is 11.6. The van der Waals surface area contributed by atoms with E-state index < -0.39 is 0 Å². The molecule has 0 heterocycles. The van der Waals surface area contributed by atoms with Crippen LogP contribution in [0.1, 0.15) is 52.9 Å². The third-order valence-corrected chi connectivity index (χ3v) is 5.97. The second-order valence-electron chi connectivity index (χ2n) is 6.81. The topological polar surface area (TPSA) is 26.3 Å². The number of hydrogen-bond donors (Lipinski definition) is 0. The summed E-state index contributed by atoms with van der Waals surface area (Å²) in [4.78, 5) is 11.3. The standard InChI is InChI=1S/C15H24O2/c1-9-4-6-15-7-5-12(13(15)8-9)10(2)14(15)17-11(3)16/h9-10,12-14H,4-8H2,1-3H3. The normalized spacial score (nSPS) is 52.3. The molecule has 0 amide bonds. The lowest BCUT2D eigenvalue weighted by Gasteiger charge is -2.43. The van der Waals surface area contributed by atoms with Crippen molar-refractivity contribution in [3.63, 3.8) is 0 Å². The zero-order valence-corrected chi connectivity index (χ0v) is 11.2. The predicted octanol–water partition coefficient (Wildman–Crippen LogP) is 3.40. The lowest BCUT2D eigenvalue weighted by atomic mass is 9.65. The van der Waals surface area contributed by atoms with Gasteiger partial charge in [0, 0.05) is 12.3 Å². The highest BCUT2D eigenvalue weighted by Gasteiger charge is 2.64. The molecule has 17 heavy (non-hydrogen) atoms. The van der Waals surface area contributed by atoms with Crippen LogP contribution in [-0.2, 0) is 9.53 Å². The Morgan fingerprint density at radius 2 is 1.94 bits per heavy atom. The Labute approximate surface area is 104 Å². The summed E-state index contributed by atoms with van der Waals surface area (Å²) >= 11 is 0. The molecule has 2 heteroatoms. The number of carbonyl (C=O) groups excluding carboxylic acids is 1. The van der Waals surface area contributed by atoms with Gasteiger partial charge in [-0.3, -0.25) is 4.79 Å². The van der Waals surface area contributed by atoms with Gasteiger partial charge in [-0.15, -0.1) is 0 Å². The van der Waals surface area contributed by atoms with E-state index in [9.17, 15) is 4.79 Å². The van der Waals surface area contributed by atoms with Gasteiger partial charge in [0.2, 0.25) is 0 Å². The molecular weight excluding hydrogens is 212 g/mol. The van der Waals surface area contributed by atoms with Crippen LogP contribution in [0, 0.1) is 29.1 Å². The first-order chi connectivity index (χ1) is 8.04. The maximum Gasteiger partial charge on any atom is 0.302 e. The molecule has 6 unspecified atom stereocenters. The van der Waals surface area contributed by atoms with Crippen molar-refractivity contribution in [2.75, 3.05) is 0 Å². The molecule has 2 nitrogen and oxygen atoms in total. The number of carbonyl (C=O) groups is 1. The first-order valence-electron chi connectivity index (χ1n) is 7.22. The van der Waals surface area contributed by atoms with Crippen molar-refractivity contribution >= 4 is 5.97 Å². The summed E-state index contributed by atoms with van der Waals surface area (Å²) in [5, 5.41) is 0. The van der Waals surface area contributed by atoms with Crippen LogP contribution >= 0.6 is 0 Å². The molecule has 3 saturated carbocycles. The molecule has 0 aromatic rings. The van der Waals surface area contributed by atoms with Gasteiger partial charge in [0.15, 0.2) is 0 Å². The highest BCUT2D eigenvalue weighted by Crippen LogP contribution is 2.67. The maximum absolute atomic E-state index is 11.3. The largest absolute Gasteiger partial charge is 0.462 e. The molecule has 0 radical (unpaired) electrons. The first-order valence-corrected chi connectivity index (χ1v) is 7.22. The van der Waals surface area contributed by atoms with Gasteiger partial charge in [0.1, 0.15) is 6.10 Å². The molecule has 2 bridgehead atoms. The van der Waals surface area contributed by atoms with Gasteiger partial charge in [-0.05, 0) is 49.4 Å². The Kier molecular flexibility index (Phi) is 2.53. The van der Waals surface area contributed by atoms with Crippen LogP contribution in [0.3, 0.4) is 0 Å². The SMILES string of the molecule is CC(=O)OC1C(C)C2CCC13CCC(C)CC23. The monoisotopic (exact) mass is 236 g/mol. The smallest absolute Gasteiger partial charge is 0.302 e. The minimum absolute atomic E-state index is 0.0823. The van der Waals surface area contributed by atoms with Crippen LogP contribution in [0.15, 0.2) is 0 Å². The summed E-state index contributed by atoms with van der Waals surface area (Å²) in [6.07, 6.45) is 6.88. The zero-order chi connectivity index (χ0) is 12.2. The Hall–Kier alpha value is -0.530. The van der Waals surface area contributed by atoms with Gasteiger partial charge in [-0.25, -0.2) is 0 Å². The lowest BCUT2D eigenvalue weighted by Crippen LogP contribution is -2.42. The van der Waals surface area contributed by atoms with Crippen LogP contribution in [0.4, 0.5) is 0 Å². The molecule has 0 spiro atoms. The van der Waals surface area contributed by atoms with Crippen LogP contribution in [-0.4, -0.2) is 12.1 Å². The summed E-state index contributed by atoms with van der Waals surface area (Å²) in [5.74, 6) is 3.04. The molecule has 3 rings (SSSR count). The third-order valence-electron chi connectivity index (χ3n) is 5.97. The van der Waals surface area contributed by atoms with E-state index in [2.05, 4.69) is 13.8 Å². The van der Waals surface area contributed by atoms with Crippen molar-refractivity contribution in [2.24, 2.45) is 29.1 Å². The van der Waals surface area contributed by atoms with Crippen molar-refractivity contribution in [1.29, 1.82) is 0 Å². The average Bonchev–Trinajstić information content (AvgIpc) is 2.72. The summed E-state index contributed by atoms with van der Waals surface area (Å²) in [7, 11) is 0. The van der Waals surface area contributed by atoms with Crippen LogP contribution < -0.4 is 0 Å². The molecule has 0 N–H and O–H groups in total. The van der Waals surface area contributed by atoms with Crippen molar-refractivity contribution in [3.8, 4) is 0 Å². The molecule has 0 aromatic heterocycles. The van der Waals surface area contributed by atoms with Gasteiger partial charge >= 0.3 is 5.97 Å². The maximum atomic E-state index is 11.3. The highest BCUT2D eigenvalue weighted by atomic mass is 16.5. The minimum atomic E-state index is -0.0823. The fourth-order valence-electron chi connectivity index (χ4n) is 5.31. The van der Waals surface area contributed by atoms with E-state index in [1.54, 1.807) is 6.92 Å². The summed E-state index contributed by atoms with van der Waals surface area (Å²) < 4.78 is 5.71. The Bertz CT molecular complexity index is 338. The molecule has 3 fully saturated rings. The van der Waals surface area contributed by atoms with E-state index in [0.29, 0.717) is 11.3 Å². The molecule has 3 aliphatic rings. The van der Waals surface area contributed by atoms with Crippen LogP contribution in [0.2, 0.25) is 0 Å². The molecular formula is C15H24O2. The van der Waals surface area contributed by atoms with E-state index in [-0.39, 0.29) is 12.1 Å². The molecule has 0 aromatic carbocycles. The highest BCUT2D eigenvalue weighted by molar-refractivity contribution is 5.66. The minimum Gasteiger partial charge on any atom is -0.462 e. The van der Waals surface area contributed by atoms with Crippen molar-refractivity contribution in [2.45, 2.75) is 59.0 Å². The van der Waals surface area contributed by atoms with Gasteiger partial charge in [-0.2, -0.15) is 0 Å². The van der Waals surface area contributed by atoms with Crippen molar-refractivity contribution in [3.05, 3.63) is 0 Å². The van der Waals surface area contributed by atoms with Crippen molar-refractivity contribution < 1.29 is 9.53 Å². The molecule has 0 saturated heterocycles. The average molecular weight is 236 g/mol. The number of ether oxygens (including phenoxy) is 1. The van der Waals surface area contributed by atoms with Gasteiger partial charge in [0.05, 0.1) is 0 Å². The third kappa shape index (κ3) is 1.49. The molecule has 96 valence electrons. The number of esters is 1. The quantitative estimate of drug-likeness (QED) is 0.652.